The predicted molar refractivity (Wildman–Crippen MR) is 108 cm³/mol. The molecular formula is C18H23N5O4S2. The van der Waals surface area contributed by atoms with E-state index in [4.69, 9.17) is 0 Å². The quantitative estimate of drug-likeness (QED) is 0.741. The second kappa shape index (κ2) is 8.33. The summed E-state index contributed by atoms with van der Waals surface area (Å²) in [5.74, 6) is -0.831. The van der Waals surface area contributed by atoms with E-state index in [-0.39, 0.29) is 29.8 Å². The van der Waals surface area contributed by atoms with Crippen LogP contribution in [0.15, 0.2) is 23.1 Å². The molecule has 1 atom stereocenters. The second-order valence-corrected chi connectivity index (χ2v) is 9.83. The zero-order chi connectivity index (χ0) is 20.4. The minimum Gasteiger partial charge on any atom is -0.347 e. The number of piperidine rings is 1. The van der Waals surface area contributed by atoms with Gasteiger partial charge in [0, 0.05) is 26.2 Å². The number of nitrogens with zero attached hydrogens (tertiary/aromatic N) is 4. The number of benzene rings is 1. The fourth-order valence-corrected chi connectivity index (χ4v) is 6.17. The molecule has 2 aliphatic rings. The number of hydrogen-bond acceptors (Lipinski definition) is 7. The highest BCUT2D eigenvalue weighted by Crippen LogP contribution is 2.28. The number of carbonyl (C=O) groups is 2. The molecule has 29 heavy (non-hydrogen) atoms. The van der Waals surface area contributed by atoms with Gasteiger partial charge in [0.1, 0.15) is 15.9 Å². The van der Waals surface area contributed by atoms with Crippen molar-refractivity contribution in [3.63, 3.8) is 0 Å². The van der Waals surface area contributed by atoms with E-state index in [1.807, 2.05) is 0 Å². The monoisotopic (exact) mass is 437 g/mol. The average Bonchev–Trinajstić information content (AvgIpc) is 3.43. The summed E-state index contributed by atoms with van der Waals surface area (Å²) in [5, 5.41) is 2.69. The highest BCUT2D eigenvalue weighted by atomic mass is 32.2. The minimum absolute atomic E-state index is 0.0358. The maximum absolute atomic E-state index is 13.2. The van der Waals surface area contributed by atoms with Crippen LogP contribution in [0.3, 0.4) is 0 Å². The van der Waals surface area contributed by atoms with Crippen LogP contribution in [0.1, 0.15) is 25.7 Å². The Balaban J connectivity index is 1.43. The maximum Gasteiger partial charge on any atom is 0.245 e. The Morgan fingerprint density at radius 1 is 1.14 bits per heavy atom. The van der Waals surface area contributed by atoms with E-state index in [1.165, 1.54) is 10.4 Å². The second-order valence-electron chi connectivity index (χ2n) is 7.40. The Morgan fingerprint density at radius 3 is 2.72 bits per heavy atom. The van der Waals surface area contributed by atoms with Crippen molar-refractivity contribution >= 4 is 44.6 Å². The van der Waals surface area contributed by atoms with E-state index in [0.717, 1.165) is 37.7 Å². The lowest BCUT2D eigenvalue weighted by Gasteiger charge is -2.31. The van der Waals surface area contributed by atoms with E-state index >= 15 is 0 Å². The van der Waals surface area contributed by atoms with Crippen molar-refractivity contribution in [2.45, 2.75) is 30.6 Å². The van der Waals surface area contributed by atoms with Crippen molar-refractivity contribution in [3.8, 4) is 0 Å². The molecule has 2 aromatic rings. The zero-order valence-corrected chi connectivity index (χ0v) is 17.5. The van der Waals surface area contributed by atoms with Gasteiger partial charge in [0.2, 0.25) is 21.8 Å². The fourth-order valence-electron chi connectivity index (χ4n) is 3.89. The summed E-state index contributed by atoms with van der Waals surface area (Å²) in [5.41, 5.74) is 0.906. The number of hydrogen-bond donors (Lipinski definition) is 1. The summed E-state index contributed by atoms with van der Waals surface area (Å²) in [6.45, 7) is 1.89. The van der Waals surface area contributed by atoms with Crippen molar-refractivity contribution in [1.29, 1.82) is 0 Å². The van der Waals surface area contributed by atoms with Gasteiger partial charge in [0.25, 0.3) is 0 Å². The van der Waals surface area contributed by atoms with Crippen LogP contribution in [-0.4, -0.2) is 70.9 Å². The maximum atomic E-state index is 13.2. The number of nitrogens with one attached hydrogen (secondary N) is 1. The van der Waals surface area contributed by atoms with Gasteiger partial charge in [-0.15, -0.1) is 0 Å². The molecule has 2 amide bonds. The average molecular weight is 438 g/mol. The van der Waals surface area contributed by atoms with E-state index in [1.54, 1.807) is 17.0 Å². The lowest BCUT2D eigenvalue weighted by Crippen LogP contribution is -2.47. The molecule has 2 saturated heterocycles. The molecule has 0 unspecified atom stereocenters. The molecule has 2 aliphatic heterocycles. The normalized spacial score (nSPS) is 20.8. The fraction of sp³-hybridized carbons (Fsp3) is 0.556. The molecule has 0 spiro atoms. The molecule has 0 saturated carbocycles. The summed E-state index contributed by atoms with van der Waals surface area (Å²) in [4.78, 5) is 26.6. The lowest BCUT2D eigenvalue weighted by molar-refractivity contribution is -0.133. The van der Waals surface area contributed by atoms with Crippen molar-refractivity contribution in [3.05, 3.63) is 18.2 Å². The Bertz CT molecular complexity index is 1020. The van der Waals surface area contributed by atoms with Crippen molar-refractivity contribution < 1.29 is 18.0 Å². The first-order chi connectivity index (χ1) is 14.0. The molecule has 3 heterocycles. The largest absolute Gasteiger partial charge is 0.347 e. The Kier molecular flexibility index (Phi) is 5.79. The number of carbonyl (C=O) groups excluding carboxylic acids is 2. The van der Waals surface area contributed by atoms with Crippen LogP contribution in [-0.2, 0) is 19.6 Å². The first-order valence-corrected chi connectivity index (χ1v) is 11.9. The van der Waals surface area contributed by atoms with Crippen LogP contribution in [0.4, 0.5) is 0 Å². The zero-order valence-electron chi connectivity index (χ0n) is 15.9. The van der Waals surface area contributed by atoms with Crippen LogP contribution in [0.2, 0.25) is 0 Å². The summed E-state index contributed by atoms with van der Waals surface area (Å²) in [6.07, 6.45) is 3.17. The molecule has 11 heteroatoms. The van der Waals surface area contributed by atoms with E-state index in [9.17, 15) is 18.0 Å². The number of amides is 2. The molecule has 9 nitrogen and oxygen atoms in total. The van der Waals surface area contributed by atoms with Crippen LogP contribution in [0, 0.1) is 5.92 Å². The van der Waals surface area contributed by atoms with Crippen LogP contribution in [0.5, 0.6) is 0 Å². The first-order valence-electron chi connectivity index (χ1n) is 9.74. The SMILES string of the molecule is O=C(NCC(=O)N1CCCC1)[C@H]1CCCN(S(=O)(=O)c2cccc3nsnc23)C1. The molecule has 1 N–H and O–H groups in total. The summed E-state index contributed by atoms with van der Waals surface area (Å²) in [7, 11) is -3.79. The summed E-state index contributed by atoms with van der Waals surface area (Å²) in [6, 6.07) is 4.90. The Morgan fingerprint density at radius 2 is 1.93 bits per heavy atom. The molecule has 1 aromatic carbocycles. The number of fused-ring (bicyclic) bond motifs is 1. The van der Waals surface area contributed by atoms with Gasteiger partial charge in [-0.25, -0.2) is 8.42 Å². The molecule has 0 bridgehead atoms. The van der Waals surface area contributed by atoms with Gasteiger partial charge in [-0.1, -0.05) is 6.07 Å². The summed E-state index contributed by atoms with van der Waals surface area (Å²) < 4.78 is 35.9. The van der Waals surface area contributed by atoms with Gasteiger partial charge in [-0.3, -0.25) is 9.59 Å². The number of sulfonamides is 1. The third-order valence-corrected chi connectivity index (χ3v) is 7.93. The molecule has 2 fully saturated rings. The molecule has 1 aromatic heterocycles. The van der Waals surface area contributed by atoms with Gasteiger partial charge in [-0.05, 0) is 37.8 Å². The van der Waals surface area contributed by atoms with E-state index in [0.29, 0.717) is 30.4 Å². The smallest absolute Gasteiger partial charge is 0.245 e. The minimum atomic E-state index is -3.79. The molecule has 0 radical (unpaired) electrons. The van der Waals surface area contributed by atoms with Gasteiger partial charge in [0.05, 0.1) is 24.2 Å². The summed E-state index contributed by atoms with van der Waals surface area (Å²) >= 11 is 0.972. The van der Waals surface area contributed by atoms with Gasteiger partial charge < -0.3 is 10.2 Å². The van der Waals surface area contributed by atoms with E-state index < -0.39 is 15.9 Å². The Labute approximate surface area is 173 Å². The standard InChI is InChI=1S/C18H23N5O4S2/c24-16(22-8-1-2-9-22)11-19-18(25)13-5-4-10-23(12-13)29(26,27)15-7-3-6-14-17(15)21-28-20-14/h3,6-7,13H,1-2,4-5,8-12H2,(H,19,25)/t13-/m0/s1. The van der Waals surface area contributed by atoms with Crippen LogP contribution >= 0.6 is 11.7 Å². The molecule has 0 aliphatic carbocycles. The van der Waals surface area contributed by atoms with Crippen molar-refractivity contribution in [2.24, 2.45) is 5.92 Å². The lowest BCUT2D eigenvalue weighted by atomic mass is 9.99. The predicted octanol–water partition coefficient (Wildman–Crippen LogP) is 0.831. The van der Waals surface area contributed by atoms with Gasteiger partial charge >= 0.3 is 0 Å². The topological polar surface area (TPSA) is 113 Å². The molecular weight excluding hydrogens is 414 g/mol. The third kappa shape index (κ3) is 4.12. The molecule has 156 valence electrons. The highest BCUT2D eigenvalue weighted by Gasteiger charge is 2.35. The van der Waals surface area contributed by atoms with Crippen molar-refractivity contribution in [2.75, 3.05) is 32.7 Å². The van der Waals surface area contributed by atoms with Crippen LogP contribution < -0.4 is 5.32 Å². The van der Waals surface area contributed by atoms with Gasteiger partial charge in [-0.2, -0.15) is 13.1 Å². The third-order valence-electron chi connectivity index (χ3n) is 5.49. The molecule has 4 rings (SSSR count). The van der Waals surface area contributed by atoms with Gasteiger partial charge in [0.15, 0.2) is 0 Å². The Hall–Kier alpha value is -2.11. The van der Waals surface area contributed by atoms with Crippen LogP contribution in [0.25, 0.3) is 11.0 Å². The number of rotatable bonds is 5. The van der Waals surface area contributed by atoms with E-state index in [2.05, 4.69) is 14.1 Å². The highest BCUT2D eigenvalue weighted by molar-refractivity contribution is 7.89. The van der Waals surface area contributed by atoms with Crippen molar-refractivity contribution in [1.82, 2.24) is 23.3 Å². The number of likely N-dealkylation sites (tertiary alicyclic amines) is 1. The number of aromatic nitrogens is 2. The first kappa shape index (κ1) is 20.2.